The van der Waals surface area contributed by atoms with E-state index in [-0.39, 0.29) is 12.0 Å². The summed E-state index contributed by atoms with van der Waals surface area (Å²) < 4.78 is 11.2. The number of nitrogens with one attached hydrogen (secondary N) is 2. The van der Waals surface area contributed by atoms with E-state index in [0.29, 0.717) is 5.56 Å². The van der Waals surface area contributed by atoms with Crippen molar-refractivity contribution in [1.29, 1.82) is 0 Å². The van der Waals surface area contributed by atoms with Crippen molar-refractivity contribution in [1.82, 2.24) is 0 Å². The molecule has 1 aliphatic heterocycles. The van der Waals surface area contributed by atoms with Crippen molar-refractivity contribution in [2.24, 2.45) is 0 Å². The molecule has 0 saturated carbocycles. The number of anilines is 1. The monoisotopic (exact) mass is 369 g/mol. The van der Waals surface area contributed by atoms with E-state index >= 15 is 0 Å². The Kier molecular flexibility index (Phi) is 6.85. The fourth-order valence-corrected chi connectivity index (χ4v) is 3.06. The Hall–Kier alpha value is -2.37. The van der Waals surface area contributed by atoms with Crippen molar-refractivity contribution in [3.63, 3.8) is 0 Å². The summed E-state index contributed by atoms with van der Waals surface area (Å²) in [6.45, 7) is 8.86. The second-order valence-electron chi connectivity index (χ2n) is 7.05. The molecule has 0 bridgehead atoms. The zero-order valence-electron chi connectivity index (χ0n) is 16.2. The highest BCUT2D eigenvalue weighted by molar-refractivity contribution is 6.04. The first-order chi connectivity index (χ1) is 13.1. The van der Waals surface area contributed by atoms with E-state index in [2.05, 4.69) is 24.4 Å². The second kappa shape index (κ2) is 9.53. The molecular formula is C22H29N2O3+. The minimum atomic E-state index is -0.129. The summed E-state index contributed by atoms with van der Waals surface area (Å²) in [5.41, 5.74) is 2.67. The Bertz CT molecular complexity index is 739. The lowest BCUT2D eigenvalue weighted by atomic mass is 10.1. The van der Waals surface area contributed by atoms with Gasteiger partial charge in [-0.1, -0.05) is 25.1 Å². The molecule has 0 unspecified atom stereocenters. The zero-order valence-corrected chi connectivity index (χ0v) is 16.2. The molecule has 1 saturated heterocycles. The SMILES string of the molecule is CC[C@@H](C)Oc1cccc(C(=O)Nc2ccc(C[NH+]3CCOCC3)cc2)c1. The Labute approximate surface area is 161 Å². The standard InChI is InChI=1S/C22H28N2O3/c1-3-17(2)27-21-6-4-5-19(15-21)22(25)23-20-9-7-18(8-10-20)16-24-11-13-26-14-12-24/h4-10,15,17H,3,11-14,16H2,1-2H3,(H,23,25)/p+1/t17-/m1/s1. The lowest BCUT2D eigenvalue weighted by Crippen LogP contribution is -3.12. The molecule has 1 aliphatic rings. The van der Waals surface area contributed by atoms with Gasteiger partial charge in [-0.3, -0.25) is 4.79 Å². The smallest absolute Gasteiger partial charge is 0.255 e. The van der Waals surface area contributed by atoms with Gasteiger partial charge in [0, 0.05) is 16.8 Å². The fraction of sp³-hybridized carbons (Fsp3) is 0.409. The third-order valence-electron chi connectivity index (χ3n) is 4.87. The highest BCUT2D eigenvalue weighted by Gasteiger charge is 2.14. The maximum absolute atomic E-state index is 12.5. The van der Waals surface area contributed by atoms with Crippen molar-refractivity contribution in [3.05, 3.63) is 59.7 Å². The minimum Gasteiger partial charge on any atom is -0.491 e. The van der Waals surface area contributed by atoms with Crippen LogP contribution >= 0.6 is 0 Å². The van der Waals surface area contributed by atoms with Crippen LogP contribution in [0.5, 0.6) is 5.75 Å². The number of ether oxygens (including phenoxy) is 2. The molecule has 2 N–H and O–H groups in total. The predicted octanol–water partition coefficient (Wildman–Crippen LogP) is 2.53. The van der Waals surface area contributed by atoms with E-state index < -0.39 is 0 Å². The van der Waals surface area contributed by atoms with Crippen LogP contribution in [0.1, 0.15) is 36.2 Å². The van der Waals surface area contributed by atoms with Gasteiger partial charge in [-0.25, -0.2) is 0 Å². The van der Waals surface area contributed by atoms with Gasteiger partial charge in [0.1, 0.15) is 25.4 Å². The topological polar surface area (TPSA) is 52.0 Å². The average Bonchev–Trinajstić information content (AvgIpc) is 2.70. The molecule has 2 aromatic carbocycles. The number of carbonyl (C=O) groups is 1. The van der Waals surface area contributed by atoms with Crippen molar-refractivity contribution in [3.8, 4) is 5.75 Å². The van der Waals surface area contributed by atoms with Crippen LogP contribution in [0.2, 0.25) is 0 Å². The number of carbonyl (C=O) groups excluding carboxylic acids is 1. The van der Waals surface area contributed by atoms with E-state index in [4.69, 9.17) is 9.47 Å². The molecule has 144 valence electrons. The van der Waals surface area contributed by atoms with Gasteiger partial charge < -0.3 is 19.7 Å². The minimum absolute atomic E-state index is 0.129. The molecule has 0 aromatic heterocycles. The Morgan fingerprint density at radius 1 is 1.19 bits per heavy atom. The number of hydrogen-bond acceptors (Lipinski definition) is 3. The highest BCUT2D eigenvalue weighted by atomic mass is 16.5. The second-order valence-corrected chi connectivity index (χ2v) is 7.05. The van der Waals surface area contributed by atoms with E-state index in [0.717, 1.165) is 50.7 Å². The molecule has 5 nitrogen and oxygen atoms in total. The number of quaternary nitrogens is 1. The first-order valence-electron chi connectivity index (χ1n) is 9.72. The van der Waals surface area contributed by atoms with Crippen LogP contribution in [0.15, 0.2) is 48.5 Å². The lowest BCUT2D eigenvalue weighted by molar-refractivity contribution is -0.921. The first-order valence-corrected chi connectivity index (χ1v) is 9.72. The fourth-order valence-electron chi connectivity index (χ4n) is 3.06. The number of rotatable bonds is 7. The largest absolute Gasteiger partial charge is 0.491 e. The summed E-state index contributed by atoms with van der Waals surface area (Å²) in [5.74, 6) is 0.594. The van der Waals surface area contributed by atoms with Crippen LogP contribution in [0, 0.1) is 0 Å². The first kappa shape index (κ1) is 19.4. The van der Waals surface area contributed by atoms with Crippen LogP contribution in [-0.2, 0) is 11.3 Å². The summed E-state index contributed by atoms with van der Waals surface area (Å²) in [6, 6.07) is 15.4. The number of amides is 1. The van der Waals surface area contributed by atoms with Gasteiger partial charge in [-0.2, -0.15) is 0 Å². The van der Waals surface area contributed by atoms with E-state index in [9.17, 15) is 4.79 Å². The van der Waals surface area contributed by atoms with Gasteiger partial charge in [0.25, 0.3) is 5.91 Å². The maximum Gasteiger partial charge on any atom is 0.255 e. The Balaban J connectivity index is 1.58. The van der Waals surface area contributed by atoms with Gasteiger partial charge in [0.2, 0.25) is 0 Å². The highest BCUT2D eigenvalue weighted by Crippen LogP contribution is 2.17. The summed E-state index contributed by atoms with van der Waals surface area (Å²) in [5, 5.41) is 2.96. The van der Waals surface area contributed by atoms with E-state index in [1.54, 1.807) is 12.1 Å². The summed E-state index contributed by atoms with van der Waals surface area (Å²) in [7, 11) is 0. The van der Waals surface area contributed by atoms with Crippen LogP contribution in [-0.4, -0.2) is 38.3 Å². The number of hydrogen-bond donors (Lipinski definition) is 2. The van der Waals surface area contributed by atoms with Gasteiger partial charge >= 0.3 is 0 Å². The molecule has 0 aliphatic carbocycles. The predicted molar refractivity (Wildman–Crippen MR) is 106 cm³/mol. The third-order valence-corrected chi connectivity index (χ3v) is 4.87. The molecular weight excluding hydrogens is 340 g/mol. The van der Waals surface area contributed by atoms with Gasteiger partial charge in [-0.05, 0) is 43.7 Å². The van der Waals surface area contributed by atoms with Gasteiger partial charge in [-0.15, -0.1) is 0 Å². The molecule has 0 radical (unpaired) electrons. The molecule has 5 heteroatoms. The molecule has 0 spiro atoms. The van der Waals surface area contributed by atoms with E-state index in [1.165, 1.54) is 10.5 Å². The van der Waals surface area contributed by atoms with Crippen molar-refractivity contribution in [2.45, 2.75) is 32.9 Å². The average molecular weight is 369 g/mol. The van der Waals surface area contributed by atoms with Crippen LogP contribution in [0.25, 0.3) is 0 Å². The molecule has 27 heavy (non-hydrogen) atoms. The zero-order chi connectivity index (χ0) is 19.1. The molecule has 2 aromatic rings. The lowest BCUT2D eigenvalue weighted by Gasteiger charge is -2.23. The quantitative estimate of drug-likeness (QED) is 0.789. The van der Waals surface area contributed by atoms with Crippen molar-refractivity contribution < 1.29 is 19.2 Å². The van der Waals surface area contributed by atoms with Gasteiger partial charge in [0.15, 0.2) is 0 Å². The summed E-state index contributed by atoms with van der Waals surface area (Å²) in [4.78, 5) is 14.1. The summed E-state index contributed by atoms with van der Waals surface area (Å²) >= 11 is 0. The van der Waals surface area contributed by atoms with Gasteiger partial charge in [0.05, 0.1) is 19.3 Å². The van der Waals surface area contributed by atoms with Crippen LogP contribution < -0.4 is 15.0 Å². The normalized spacial score (nSPS) is 15.9. The van der Waals surface area contributed by atoms with Crippen molar-refractivity contribution in [2.75, 3.05) is 31.6 Å². The van der Waals surface area contributed by atoms with E-state index in [1.807, 2.05) is 31.2 Å². The van der Waals surface area contributed by atoms with Crippen LogP contribution in [0.4, 0.5) is 5.69 Å². The number of morpholine rings is 1. The molecule has 1 amide bonds. The third kappa shape index (κ3) is 5.81. The molecule has 1 atom stereocenters. The summed E-state index contributed by atoms with van der Waals surface area (Å²) in [6.07, 6.45) is 1.05. The van der Waals surface area contributed by atoms with Crippen molar-refractivity contribution >= 4 is 11.6 Å². The molecule has 1 heterocycles. The Morgan fingerprint density at radius 3 is 2.63 bits per heavy atom. The Morgan fingerprint density at radius 2 is 1.93 bits per heavy atom. The molecule has 3 rings (SSSR count). The van der Waals surface area contributed by atoms with Crippen LogP contribution in [0.3, 0.4) is 0 Å². The maximum atomic E-state index is 12.5. The number of benzene rings is 2. The molecule has 1 fully saturated rings.